The maximum atomic E-state index is 5.95. The molecule has 0 spiro atoms. The number of nitrogens with zero attached hydrogens (tertiary/aromatic N) is 1. The van der Waals surface area contributed by atoms with E-state index in [0.717, 1.165) is 39.3 Å². The molecule has 0 unspecified atom stereocenters. The average Bonchev–Trinajstić information content (AvgIpc) is 2.89. The molecule has 0 aliphatic rings. The molecule has 0 amide bonds. The summed E-state index contributed by atoms with van der Waals surface area (Å²) in [7, 11) is 1.91. The van der Waals surface area contributed by atoms with Crippen molar-refractivity contribution in [2.75, 3.05) is 7.05 Å². The van der Waals surface area contributed by atoms with Gasteiger partial charge < -0.3 is 14.0 Å². The zero-order valence-corrected chi connectivity index (χ0v) is 19.4. The van der Waals surface area contributed by atoms with E-state index in [4.69, 9.17) is 9.47 Å². The zero-order chi connectivity index (χ0) is 23.6. The Morgan fingerprint density at radius 3 is 1.47 bits per heavy atom. The third kappa shape index (κ3) is 6.63. The normalized spacial score (nSPS) is 10.3. The Labute approximate surface area is 202 Å². The van der Waals surface area contributed by atoms with Gasteiger partial charge in [-0.3, -0.25) is 0 Å². The van der Waals surface area contributed by atoms with E-state index in [1.54, 1.807) is 4.58 Å². The third-order valence-corrected chi connectivity index (χ3v) is 5.32. The highest BCUT2D eigenvalue weighted by atomic mass is 16.5. The summed E-state index contributed by atoms with van der Waals surface area (Å²) >= 11 is 0. The van der Waals surface area contributed by atoms with Gasteiger partial charge in [-0.15, -0.1) is 11.6 Å². The number of benzene rings is 4. The van der Waals surface area contributed by atoms with E-state index in [-0.39, 0.29) is 0 Å². The maximum absolute atomic E-state index is 5.95. The van der Waals surface area contributed by atoms with Crippen LogP contribution in [0.4, 0.5) is 0 Å². The molecule has 0 radical (unpaired) electrons. The number of rotatable bonds is 10. The van der Waals surface area contributed by atoms with Crippen LogP contribution >= 0.6 is 0 Å². The van der Waals surface area contributed by atoms with Crippen LogP contribution in [-0.4, -0.2) is 18.3 Å². The minimum absolute atomic E-state index is 0.549. The fourth-order valence-corrected chi connectivity index (χ4v) is 3.50. The van der Waals surface area contributed by atoms with E-state index >= 15 is 0 Å². The molecule has 4 aromatic rings. The first-order valence-electron chi connectivity index (χ1n) is 11.3. The lowest BCUT2D eigenvalue weighted by Crippen LogP contribution is -1.98. The summed E-state index contributed by atoms with van der Waals surface area (Å²) in [6.07, 6.45) is 2.08. The Kier molecular flexibility index (Phi) is 7.81. The molecule has 0 atom stereocenters. The molecular formula is C31H29NO2. The van der Waals surface area contributed by atoms with Crippen molar-refractivity contribution in [1.29, 1.82) is 0 Å². The van der Waals surface area contributed by atoms with Gasteiger partial charge in [0.05, 0.1) is 6.54 Å². The lowest BCUT2D eigenvalue weighted by atomic mass is 9.97. The summed E-state index contributed by atoms with van der Waals surface area (Å²) in [5.74, 6) is 1.68. The van der Waals surface area contributed by atoms with Gasteiger partial charge in [-0.2, -0.15) is 0 Å². The molecule has 4 aromatic carbocycles. The molecule has 3 heteroatoms. The van der Waals surface area contributed by atoms with Crippen LogP contribution in [-0.2, 0) is 13.2 Å². The van der Waals surface area contributed by atoms with Crippen LogP contribution in [0.5, 0.6) is 11.5 Å². The van der Waals surface area contributed by atoms with Crippen LogP contribution in [0.1, 0.15) is 22.3 Å². The van der Waals surface area contributed by atoms with Crippen molar-refractivity contribution in [3.05, 3.63) is 144 Å². The fourth-order valence-electron chi connectivity index (χ4n) is 3.50. The second kappa shape index (κ2) is 11.6. The molecule has 34 heavy (non-hydrogen) atoms. The average molecular weight is 448 g/mol. The van der Waals surface area contributed by atoms with Crippen LogP contribution in [0.2, 0.25) is 0 Å². The van der Waals surface area contributed by atoms with E-state index in [2.05, 4.69) is 61.3 Å². The van der Waals surface area contributed by atoms with Crippen molar-refractivity contribution in [1.82, 2.24) is 0 Å². The van der Waals surface area contributed by atoms with Gasteiger partial charge in [-0.25, -0.2) is 0 Å². The molecule has 3 nitrogen and oxygen atoms in total. The predicted octanol–water partition coefficient (Wildman–Crippen LogP) is 6.78. The van der Waals surface area contributed by atoms with E-state index in [0.29, 0.717) is 13.2 Å². The van der Waals surface area contributed by atoms with Gasteiger partial charge in [0, 0.05) is 6.72 Å². The molecule has 0 heterocycles. The lowest BCUT2D eigenvalue weighted by Gasteiger charge is -2.16. The topological polar surface area (TPSA) is 21.5 Å². The molecule has 0 aliphatic carbocycles. The first-order valence-corrected chi connectivity index (χ1v) is 11.3. The molecule has 0 aromatic heterocycles. The van der Waals surface area contributed by atoms with Gasteiger partial charge in [0.2, 0.25) is 0 Å². The summed E-state index contributed by atoms with van der Waals surface area (Å²) in [4.78, 5) is 0. The Morgan fingerprint density at radius 1 is 0.676 bits per heavy atom. The summed E-state index contributed by atoms with van der Waals surface area (Å²) < 4.78 is 13.7. The van der Waals surface area contributed by atoms with Crippen LogP contribution in [0, 0.1) is 6.54 Å². The highest BCUT2D eigenvalue weighted by molar-refractivity contribution is 5.80. The van der Waals surface area contributed by atoms with Crippen molar-refractivity contribution in [3.8, 4) is 11.5 Å². The first-order chi connectivity index (χ1) is 16.7. The van der Waals surface area contributed by atoms with Crippen molar-refractivity contribution in [2.24, 2.45) is 0 Å². The van der Waals surface area contributed by atoms with E-state index in [1.165, 1.54) is 0 Å². The standard InChI is InChI=1S/C31H29NO2/c1-32(2)22-21-31(27-13-17-29(18-14-27)33-23-25-9-5-3-6-10-25)28-15-19-30(20-16-28)34-24-26-11-7-4-8-12-26/h3-22H,1,23-24H2,2H3. The van der Waals surface area contributed by atoms with E-state index < -0.39 is 0 Å². The largest absolute Gasteiger partial charge is 0.489 e. The molecule has 0 aliphatic heterocycles. The minimum Gasteiger partial charge on any atom is -0.489 e. The summed E-state index contributed by atoms with van der Waals surface area (Å²) in [6, 6.07) is 36.7. The molecule has 0 N–H and O–H groups in total. The van der Waals surface area contributed by atoms with Gasteiger partial charge in [0.25, 0.3) is 0 Å². The van der Waals surface area contributed by atoms with Gasteiger partial charge >= 0.3 is 0 Å². The highest BCUT2D eigenvalue weighted by Gasteiger charge is 2.04. The molecule has 0 saturated heterocycles. The smallest absolute Gasteiger partial charge is 0.119 e. The van der Waals surface area contributed by atoms with Crippen molar-refractivity contribution < 1.29 is 14.0 Å². The number of likely N-dealkylation sites (N-methyl/N-ethyl adjacent to an activating group) is 1. The second-order valence-corrected chi connectivity index (χ2v) is 8.08. The van der Waals surface area contributed by atoms with Crippen LogP contribution in [0.25, 0.3) is 5.57 Å². The van der Waals surface area contributed by atoms with Gasteiger partial charge in [-0.1, -0.05) is 96.1 Å². The third-order valence-electron chi connectivity index (χ3n) is 5.32. The zero-order valence-electron chi connectivity index (χ0n) is 19.4. The van der Waals surface area contributed by atoms with Crippen molar-refractivity contribution in [2.45, 2.75) is 13.2 Å². The Balaban J connectivity index is 1.46. The Hall–Kier alpha value is -4.24. The van der Waals surface area contributed by atoms with Gasteiger partial charge in [-0.05, 0) is 35.4 Å². The molecular weight excluding hydrogens is 418 g/mol. The Morgan fingerprint density at radius 2 is 1.09 bits per heavy atom. The lowest BCUT2D eigenvalue weighted by molar-refractivity contribution is -0.437. The Bertz CT molecular complexity index is 1120. The highest BCUT2D eigenvalue weighted by Crippen LogP contribution is 2.28. The van der Waals surface area contributed by atoms with E-state index in [9.17, 15) is 0 Å². The van der Waals surface area contributed by atoms with Gasteiger partial charge in [0.1, 0.15) is 31.8 Å². The van der Waals surface area contributed by atoms with Crippen molar-refractivity contribution >= 4 is 12.3 Å². The van der Waals surface area contributed by atoms with E-state index in [1.807, 2.05) is 74.3 Å². The number of hydrogen-bond donors (Lipinski definition) is 0. The minimum atomic E-state index is 0.549. The monoisotopic (exact) mass is 447 g/mol. The summed E-state index contributed by atoms with van der Waals surface area (Å²) in [6.45, 7) is 6.98. The molecule has 0 fully saturated rings. The first kappa shape index (κ1) is 22.9. The molecule has 170 valence electrons. The molecule has 0 bridgehead atoms. The van der Waals surface area contributed by atoms with Crippen molar-refractivity contribution in [3.63, 3.8) is 0 Å². The quantitative estimate of drug-likeness (QED) is 0.152. The van der Waals surface area contributed by atoms with Crippen LogP contribution < -0.4 is 9.47 Å². The summed E-state index contributed by atoms with van der Waals surface area (Å²) in [5.41, 5.74) is 5.59. The summed E-state index contributed by atoms with van der Waals surface area (Å²) in [5, 5.41) is 0. The maximum Gasteiger partial charge on any atom is 0.119 e. The molecule has 0 saturated carbocycles. The second-order valence-electron chi connectivity index (χ2n) is 8.08. The predicted molar refractivity (Wildman–Crippen MR) is 139 cm³/mol. The van der Waals surface area contributed by atoms with Crippen LogP contribution in [0.3, 0.4) is 0 Å². The fraction of sp³-hybridized carbons (Fsp3) is 0.0968. The van der Waals surface area contributed by atoms with Crippen LogP contribution in [0.15, 0.2) is 115 Å². The number of ether oxygens (including phenoxy) is 2. The molecule has 4 rings (SSSR count). The number of hydrogen-bond acceptors (Lipinski definition) is 2. The van der Waals surface area contributed by atoms with Gasteiger partial charge in [0.15, 0.2) is 0 Å². The SMILES string of the molecule is C=[N+](C)[CH-]C=C(c1ccc(OCc2ccccc2)cc1)c1ccc(OCc2ccccc2)cc1.